The Morgan fingerprint density at radius 3 is 2.52 bits per heavy atom. The zero-order chi connectivity index (χ0) is 29.3. The molecule has 5 rings (SSSR count). The molecule has 1 aromatic heterocycles. The number of morpholine rings is 1. The van der Waals surface area contributed by atoms with Crippen molar-refractivity contribution in [1.29, 1.82) is 0 Å². The van der Waals surface area contributed by atoms with Crippen molar-refractivity contribution in [3.8, 4) is 28.6 Å². The van der Waals surface area contributed by atoms with E-state index in [1.807, 2.05) is 40.1 Å². The predicted molar refractivity (Wildman–Crippen MR) is 153 cm³/mol. The van der Waals surface area contributed by atoms with Crippen LogP contribution in [0.25, 0.3) is 22.8 Å². The second kappa shape index (κ2) is 14.3. The van der Waals surface area contributed by atoms with Crippen LogP contribution < -0.4 is 10.1 Å². The number of carbonyl (C=O) groups excluding carboxylic acids is 2. The van der Waals surface area contributed by atoms with Gasteiger partial charge in [0.05, 0.1) is 31.9 Å². The maximum Gasteiger partial charge on any atom is 0.258 e. The van der Waals surface area contributed by atoms with E-state index in [1.54, 1.807) is 19.1 Å². The van der Waals surface area contributed by atoms with Crippen LogP contribution in [0.1, 0.15) is 13.3 Å². The first-order chi connectivity index (χ1) is 20.5. The molecule has 3 aromatic rings. The Balaban J connectivity index is 0.997. The molecule has 3 heterocycles. The van der Waals surface area contributed by atoms with Gasteiger partial charge in [-0.2, -0.15) is 4.98 Å². The van der Waals surface area contributed by atoms with Crippen molar-refractivity contribution in [2.45, 2.75) is 19.4 Å². The highest BCUT2D eigenvalue weighted by molar-refractivity contribution is 5.88. The van der Waals surface area contributed by atoms with E-state index in [1.165, 1.54) is 6.07 Å². The van der Waals surface area contributed by atoms with E-state index in [0.29, 0.717) is 44.6 Å². The lowest BCUT2D eigenvalue weighted by molar-refractivity contribution is -0.137. The fourth-order valence-corrected chi connectivity index (χ4v) is 5.05. The number of piperazine rings is 1. The topological polar surface area (TPSA) is 113 Å². The molecule has 224 valence electrons. The molecule has 2 fully saturated rings. The van der Waals surface area contributed by atoms with E-state index in [9.17, 15) is 14.0 Å². The highest BCUT2D eigenvalue weighted by atomic mass is 19.1. The van der Waals surface area contributed by atoms with E-state index < -0.39 is 11.9 Å². The van der Waals surface area contributed by atoms with E-state index in [0.717, 1.165) is 44.7 Å². The first kappa shape index (κ1) is 29.6. The Bertz CT molecular complexity index is 1320. The lowest BCUT2D eigenvalue weighted by Gasteiger charge is -2.36. The Labute approximate surface area is 244 Å². The van der Waals surface area contributed by atoms with Gasteiger partial charge in [-0.1, -0.05) is 23.4 Å². The fourth-order valence-electron chi connectivity index (χ4n) is 5.05. The fraction of sp³-hybridized carbons (Fsp3) is 0.467. The van der Waals surface area contributed by atoms with Gasteiger partial charge in [-0.3, -0.25) is 19.4 Å². The third kappa shape index (κ3) is 7.90. The number of nitrogens with one attached hydrogen (secondary N) is 1. The molecule has 2 saturated heterocycles. The van der Waals surface area contributed by atoms with Crippen LogP contribution in [0.5, 0.6) is 5.75 Å². The van der Waals surface area contributed by atoms with Gasteiger partial charge in [-0.25, -0.2) is 4.39 Å². The Morgan fingerprint density at radius 1 is 1.02 bits per heavy atom. The zero-order valence-corrected chi connectivity index (χ0v) is 23.8. The highest BCUT2D eigenvalue weighted by Crippen LogP contribution is 2.26. The third-order valence-electron chi connectivity index (χ3n) is 7.42. The molecule has 1 N–H and O–H groups in total. The standard InChI is InChI=1S/C30H37FN6O5/c1-22(32-27(38)21-36-15-18-40-19-16-36)30(39)37-13-11-35(12-14-37)10-5-17-41-24-8-9-25(26(31)20-24)28-33-29(42-34-28)23-6-3-2-4-7-23/h2-4,6-9,20,22H,5,10-19,21H2,1H3,(H,32,38)/t22-/m1/s1. The number of benzene rings is 2. The second-order valence-corrected chi connectivity index (χ2v) is 10.5. The number of aromatic nitrogens is 2. The molecular formula is C30H37FN6O5. The third-order valence-corrected chi connectivity index (χ3v) is 7.42. The highest BCUT2D eigenvalue weighted by Gasteiger charge is 2.26. The van der Waals surface area contributed by atoms with E-state index in [-0.39, 0.29) is 29.7 Å². The number of carbonyl (C=O) groups is 2. The van der Waals surface area contributed by atoms with Crippen LogP contribution in [0, 0.1) is 5.82 Å². The van der Waals surface area contributed by atoms with E-state index >= 15 is 0 Å². The van der Waals surface area contributed by atoms with Gasteiger partial charge in [-0.15, -0.1) is 0 Å². The van der Waals surface area contributed by atoms with Gasteiger partial charge in [0.25, 0.3) is 5.89 Å². The van der Waals surface area contributed by atoms with Crippen LogP contribution in [0.2, 0.25) is 0 Å². The number of rotatable bonds is 11. The van der Waals surface area contributed by atoms with Gasteiger partial charge in [-0.05, 0) is 37.6 Å². The number of halogens is 1. The van der Waals surface area contributed by atoms with Crippen molar-refractivity contribution < 1.29 is 28.0 Å². The molecule has 0 spiro atoms. The number of amides is 2. The smallest absolute Gasteiger partial charge is 0.258 e. The summed E-state index contributed by atoms with van der Waals surface area (Å²) >= 11 is 0. The maximum atomic E-state index is 14.8. The van der Waals surface area contributed by atoms with Gasteiger partial charge < -0.3 is 24.2 Å². The molecular weight excluding hydrogens is 543 g/mol. The molecule has 42 heavy (non-hydrogen) atoms. The summed E-state index contributed by atoms with van der Waals surface area (Å²) in [6.07, 6.45) is 0.761. The molecule has 0 radical (unpaired) electrons. The second-order valence-electron chi connectivity index (χ2n) is 10.5. The summed E-state index contributed by atoms with van der Waals surface area (Å²) < 4.78 is 31.2. The molecule has 12 heteroatoms. The van der Waals surface area contributed by atoms with Gasteiger partial charge in [0.15, 0.2) is 0 Å². The lowest BCUT2D eigenvalue weighted by atomic mass is 10.2. The van der Waals surface area contributed by atoms with Crippen molar-refractivity contribution >= 4 is 11.8 Å². The minimum atomic E-state index is -0.559. The van der Waals surface area contributed by atoms with Gasteiger partial charge in [0, 0.05) is 57.4 Å². The lowest BCUT2D eigenvalue weighted by Crippen LogP contribution is -2.55. The molecule has 2 aromatic carbocycles. The summed E-state index contributed by atoms with van der Waals surface area (Å²) in [7, 11) is 0. The van der Waals surface area contributed by atoms with Crippen LogP contribution in [-0.2, 0) is 14.3 Å². The number of ether oxygens (including phenoxy) is 2. The van der Waals surface area contributed by atoms with Crippen LogP contribution in [0.3, 0.4) is 0 Å². The van der Waals surface area contributed by atoms with Crippen molar-refractivity contribution in [3.63, 3.8) is 0 Å². The molecule has 0 aliphatic carbocycles. The molecule has 0 saturated carbocycles. The SMILES string of the molecule is C[C@@H](NC(=O)CN1CCOCC1)C(=O)N1CCN(CCCOc2ccc(-c3noc(-c4ccccc4)n3)c(F)c2)CC1. The van der Waals surface area contributed by atoms with E-state index in [4.69, 9.17) is 14.0 Å². The zero-order valence-electron chi connectivity index (χ0n) is 23.8. The number of nitrogens with zero attached hydrogens (tertiary/aromatic N) is 5. The normalized spacial score (nSPS) is 17.1. The summed E-state index contributed by atoms with van der Waals surface area (Å²) in [5.41, 5.74) is 1.01. The summed E-state index contributed by atoms with van der Waals surface area (Å²) in [6.45, 7) is 8.68. The maximum absolute atomic E-state index is 14.8. The predicted octanol–water partition coefficient (Wildman–Crippen LogP) is 2.29. The summed E-state index contributed by atoms with van der Waals surface area (Å²) in [5.74, 6) is 0.258. The Hall–Kier alpha value is -3.87. The summed E-state index contributed by atoms with van der Waals surface area (Å²) in [4.78, 5) is 35.6. The number of hydrogen-bond acceptors (Lipinski definition) is 9. The van der Waals surface area contributed by atoms with E-state index in [2.05, 4.69) is 20.4 Å². The first-order valence-electron chi connectivity index (χ1n) is 14.4. The van der Waals surface area contributed by atoms with Crippen LogP contribution in [-0.4, -0.2) is 115 Å². The Kier molecular flexibility index (Phi) is 10.1. The van der Waals surface area contributed by atoms with Crippen molar-refractivity contribution in [3.05, 3.63) is 54.3 Å². The van der Waals surface area contributed by atoms with Gasteiger partial charge >= 0.3 is 0 Å². The molecule has 2 amide bonds. The van der Waals surface area contributed by atoms with Crippen molar-refractivity contribution in [2.75, 3.05) is 72.2 Å². The van der Waals surface area contributed by atoms with Crippen molar-refractivity contribution in [1.82, 2.24) is 30.2 Å². The minimum Gasteiger partial charge on any atom is -0.493 e. The minimum absolute atomic E-state index is 0.0594. The van der Waals surface area contributed by atoms with Crippen LogP contribution >= 0.6 is 0 Å². The number of hydrogen-bond donors (Lipinski definition) is 1. The summed E-state index contributed by atoms with van der Waals surface area (Å²) in [5, 5.41) is 6.76. The molecule has 2 aliphatic heterocycles. The molecule has 2 aliphatic rings. The monoisotopic (exact) mass is 580 g/mol. The average Bonchev–Trinajstić information content (AvgIpc) is 3.50. The average molecular weight is 581 g/mol. The molecule has 0 bridgehead atoms. The van der Waals surface area contributed by atoms with Gasteiger partial charge in [0.2, 0.25) is 17.6 Å². The molecule has 0 unspecified atom stereocenters. The van der Waals surface area contributed by atoms with Crippen molar-refractivity contribution in [2.24, 2.45) is 0 Å². The van der Waals surface area contributed by atoms with Crippen LogP contribution in [0.4, 0.5) is 4.39 Å². The van der Waals surface area contributed by atoms with Gasteiger partial charge in [0.1, 0.15) is 17.6 Å². The van der Waals surface area contributed by atoms with Crippen LogP contribution in [0.15, 0.2) is 53.1 Å². The largest absolute Gasteiger partial charge is 0.493 e. The first-order valence-corrected chi connectivity index (χ1v) is 14.4. The molecule has 11 nitrogen and oxygen atoms in total. The Morgan fingerprint density at radius 2 is 1.79 bits per heavy atom. The quantitative estimate of drug-likeness (QED) is 0.342. The summed E-state index contributed by atoms with van der Waals surface area (Å²) in [6, 6.07) is 13.4. The molecule has 1 atom stereocenters.